The molecule has 1 N–H and O–H groups in total. The lowest BCUT2D eigenvalue weighted by molar-refractivity contribution is 0.475. The number of hydrogen-bond donors (Lipinski definition) is 1. The topological polar surface area (TPSA) is 81.7 Å². The Morgan fingerprint density at radius 2 is 2.05 bits per heavy atom. The predicted molar refractivity (Wildman–Crippen MR) is 78.3 cm³/mol. The third-order valence-electron chi connectivity index (χ3n) is 2.91. The van der Waals surface area contributed by atoms with E-state index in [0.29, 0.717) is 5.16 Å². The molecule has 21 heavy (non-hydrogen) atoms. The van der Waals surface area contributed by atoms with Crippen LogP contribution in [0.5, 0.6) is 5.75 Å². The summed E-state index contributed by atoms with van der Waals surface area (Å²) < 4.78 is 3.53. The minimum absolute atomic E-state index is 0.216. The van der Waals surface area contributed by atoms with Crippen molar-refractivity contribution in [1.82, 2.24) is 30.0 Å². The second kappa shape index (κ2) is 5.96. The quantitative estimate of drug-likeness (QED) is 0.725. The normalized spacial score (nSPS) is 10.9. The Morgan fingerprint density at radius 3 is 2.76 bits per heavy atom. The van der Waals surface area contributed by atoms with Gasteiger partial charge >= 0.3 is 0 Å². The third kappa shape index (κ3) is 3.05. The maximum absolute atomic E-state index is 9.33. The van der Waals surface area contributed by atoms with Crippen molar-refractivity contribution in [2.75, 3.05) is 0 Å². The lowest BCUT2D eigenvalue weighted by Gasteiger charge is -2.03. The maximum atomic E-state index is 9.33. The molecule has 1 aromatic carbocycles. The fraction of sp³-hybridized carbons (Fsp3) is 0.231. The van der Waals surface area contributed by atoms with Crippen molar-refractivity contribution in [2.24, 2.45) is 0 Å². The number of hydrogen-bond acceptors (Lipinski definition) is 6. The average Bonchev–Trinajstić information content (AvgIpc) is 3.15. The van der Waals surface area contributed by atoms with E-state index < -0.39 is 0 Å². The van der Waals surface area contributed by atoms with E-state index in [1.807, 2.05) is 17.1 Å². The summed E-state index contributed by atoms with van der Waals surface area (Å²) in [4.78, 5) is 0. The zero-order chi connectivity index (χ0) is 14.7. The van der Waals surface area contributed by atoms with Crippen molar-refractivity contribution in [3.63, 3.8) is 0 Å². The number of aromatic nitrogens is 6. The van der Waals surface area contributed by atoms with Crippen LogP contribution in [-0.2, 0) is 12.3 Å². The molecule has 0 saturated heterocycles. The lowest BCUT2D eigenvalue weighted by atomic mass is 10.3. The van der Waals surface area contributed by atoms with Gasteiger partial charge in [-0.3, -0.25) is 4.68 Å². The molecule has 0 aliphatic heterocycles. The Bertz CT molecular complexity index is 720. The third-order valence-corrected chi connectivity index (χ3v) is 3.90. The maximum Gasteiger partial charge on any atom is 0.214 e. The fourth-order valence-electron chi connectivity index (χ4n) is 1.83. The van der Waals surface area contributed by atoms with Gasteiger partial charge in [0.05, 0.1) is 11.9 Å². The van der Waals surface area contributed by atoms with Crippen molar-refractivity contribution in [3.05, 3.63) is 42.2 Å². The van der Waals surface area contributed by atoms with Gasteiger partial charge in [-0.05, 0) is 41.6 Å². The standard InChI is InChI=1S/C13H14N6OS/c1-2-18-8-10(7-14-18)9-21-13-15-16-17-19(13)11-3-5-12(20)6-4-11/h3-8,20H,2,9H2,1H3. The number of phenols is 1. The molecule has 3 aromatic rings. The SMILES string of the molecule is CCn1cc(CSc2nnnn2-c2ccc(O)cc2)cn1. The minimum Gasteiger partial charge on any atom is -0.508 e. The summed E-state index contributed by atoms with van der Waals surface area (Å²) in [5.74, 6) is 0.964. The largest absolute Gasteiger partial charge is 0.508 e. The van der Waals surface area contributed by atoms with E-state index in [0.717, 1.165) is 23.5 Å². The van der Waals surface area contributed by atoms with Gasteiger partial charge in [-0.25, -0.2) is 0 Å². The summed E-state index contributed by atoms with van der Waals surface area (Å²) in [7, 11) is 0. The molecule has 0 bridgehead atoms. The first kappa shape index (κ1) is 13.6. The van der Waals surface area contributed by atoms with Crippen LogP contribution < -0.4 is 0 Å². The number of aromatic hydroxyl groups is 1. The summed E-state index contributed by atoms with van der Waals surface area (Å²) in [6, 6.07) is 6.75. The van der Waals surface area contributed by atoms with E-state index in [-0.39, 0.29) is 5.75 Å². The van der Waals surface area contributed by atoms with Crippen molar-refractivity contribution >= 4 is 11.8 Å². The summed E-state index contributed by atoms with van der Waals surface area (Å²) >= 11 is 1.54. The molecule has 2 heterocycles. The van der Waals surface area contributed by atoms with E-state index in [2.05, 4.69) is 27.5 Å². The second-order valence-corrected chi connectivity index (χ2v) is 5.33. The zero-order valence-electron chi connectivity index (χ0n) is 11.4. The predicted octanol–water partition coefficient (Wildman–Crippen LogP) is 1.88. The van der Waals surface area contributed by atoms with Crippen molar-refractivity contribution in [3.8, 4) is 11.4 Å². The number of rotatable bonds is 5. The summed E-state index contributed by atoms with van der Waals surface area (Å²) in [5.41, 5.74) is 1.94. The van der Waals surface area contributed by atoms with E-state index in [1.54, 1.807) is 40.7 Å². The molecule has 0 spiro atoms. The number of phenolic OH excluding ortho intramolecular Hbond substituents is 1. The zero-order valence-corrected chi connectivity index (χ0v) is 12.2. The molecule has 7 nitrogen and oxygen atoms in total. The van der Waals surface area contributed by atoms with Crippen LogP contribution in [0.3, 0.4) is 0 Å². The van der Waals surface area contributed by atoms with Gasteiger partial charge in [0.15, 0.2) is 0 Å². The summed E-state index contributed by atoms with van der Waals surface area (Å²) in [6.45, 7) is 2.91. The minimum atomic E-state index is 0.216. The van der Waals surface area contributed by atoms with E-state index in [4.69, 9.17) is 0 Å². The number of tetrazole rings is 1. The lowest BCUT2D eigenvalue weighted by Crippen LogP contribution is -1.98. The summed E-state index contributed by atoms with van der Waals surface area (Å²) in [6.07, 6.45) is 3.87. The van der Waals surface area contributed by atoms with Gasteiger partial charge in [-0.1, -0.05) is 11.8 Å². The van der Waals surface area contributed by atoms with Crippen LogP contribution >= 0.6 is 11.8 Å². The Morgan fingerprint density at radius 1 is 1.24 bits per heavy atom. The monoisotopic (exact) mass is 302 g/mol. The molecule has 108 valence electrons. The van der Waals surface area contributed by atoms with Crippen LogP contribution in [0.25, 0.3) is 5.69 Å². The molecular weight excluding hydrogens is 288 g/mol. The van der Waals surface area contributed by atoms with E-state index in [1.165, 1.54) is 0 Å². The molecule has 0 amide bonds. The molecule has 2 aromatic heterocycles. The number of aryl methyl sites for hydroxylation is 1. The highest BCUT2D eigenvalue weighted by molar-refractivity contribution is 7.98. The van der Waals surface area contributed by atoms with Crippen molar-refractivity contribution in [2.45, 2.75) is 24.4 Å². The van der Waals surface area contributed by atoms with Gasteiger partial charge in [-0.2, -0.15) is 9.78 Å². The van der Waals surface area contributed by atoms with Gasteiger partial charge in [-0.15, -0.1) is 5.10 Å². The van der Waals surface area contributed by atoms with Gasteiger partial charge in [0.25, 0.3) is 0 Å². The fourth-order valence-corrected chi connectivity index (χ4v) is 2.63. The molecule has 0 atom stereocenters. The molecule has 0 unspecified atom stereocenters. The first-order valence-corrected chi connectivity index (χ1v) is 7.46. The highest BCUT2D eigenvalue weighted by Gasteiger charge is 2.10. The number of benzene rings is 1. The molecule has 8 heteroatoms. The average molecular weight is 302 g/mol. The molecule has 0 fully saturated rings. The van der Waals surface area contributed by atoms with Gasteiger partial charge in [0, 0.05) is 24.1 Å². The van der Waals surface area contributed by atoms with Crippen molar-refractivity contribution < 1.29 is 5.11 Å². The molecule has 0 aliphatic carbocycles. The molecule has 0 aliphatic rings. The van der Waals surface area contributed by atoms with Gasteiger partial charge < -0.3 is 5.11 Å². The van der Waals surface area contributed by atoms with Gasteiger partial charge in [0.1, 0.15) is 5.75 Å². The Labute approximate surface area is 125 Å². The van der Waals surface area contributed by atoms with E-state index in [9.17, 15) is 5.11 Å². The van der Waals surface area contributed by atoms with Crippen molar-refractivity contribution in [1.29, 1.82) is 0 Å². The van der Waals surface area contributed by atoms with Crippen LogP contribution in [0, 0.1) is 0 Å². The highest BCUT2D eigenvalue weighted by atomic mass is 32.2. The summed E-state index contributed by atoms with van der Waals surface area (Å²) in [5, 5.41) is 26.0. The Balaban J connectivity index is 1.74. The number of nitrogens with zero attached hydrogens (tertiary/aromatic N) is 6. The van der Waals surface area contributed by atoms with Crippen LogP contribution in [0.1, 0.15) is 12.5 Å². The van der Waals surface area contributed by atoms with Crippen LogP contribution in [0.4, 0.5) is 0 Å². The second-order valence-electron chi connectivity index (χ2n) is 4.38. The highest BCUT2D eigenvalue weighted by Crippen LogP contribution is 2.23. The first-order valence-electron chi connectivity index (χ1n) is 6.48. The first-order chi connectivity index (χ1) is 10.3. The van der Waals surface area contributed by atoms with Crippen LogP contribution in [0.2, 0.25) is 0 Å². The van der Waals surface area contributed by atoms with Crippen LogP contribution in [-0.4, -0.2) is 35.1 Å². The van der Waals surface area contributed by atoms with Gasteiger partial charge in [0.2, 0.25) is 5.16 Å². The van der Waals surface area contributed by atoms with E-state index >= 15 is 0 Å². The molecule has 0 saturated carbocycles. The van der Waals surface area contributed by atoms with Crippen LogP contribution in [0.15, 0.2) is 41.8 Å². The molecule has 0 radical (unpaired) electrons. The Kier molecular flexibility index (Phi) is 3.87. The molecule has 3 rings (SSSR count). The Hall–Kier alpha value is -2.35. The molecular formula is C13H14N6OS. The smallest absolute Gasteiger partial charge is 0.214 e. The number of thioether (sulfide) groups is 1.